The molecule has 2 aromatic rings. The quantitative estimate of drug-likeness (QED) is 0.760. The molecule has 8 heteroatoms. The first kappa shape index (κ1) is 19.2. The van der Waals surface area contributed by atoms with Crippen molar-refractivity contribution >= 4 is 46.7 Å². The lowest BCUT2D eigenvalue weighted by atomic mass is 9.91. The van der Waals surface area contributed by atoms with Crippen molar-refractivity contribution in [3.8, 4) is 0 Å². The molecule has 140 valence electrons. The van der Waals surface area contributed by atoms with Crippen molar-refractivity contribution in [2.75, 3.05) is 11.9 Å². The van der Waals surface area contributed by atoms with Gasteiger partial charge >= 0.3 is 6.03 Å². The third-order valence-electron chi connectivity index (χ3n) is 4.35. The Hall–Kier alpha value is -2.57. The number of rotatable bonds is 4. The molecule has 3 rings (SSSR count). The second-order valence-electron chi connectivity index (χ2n) is 6.52. The lowest BCUT2D eigenvalue weighted by Gasteiger charge is -2.22. The van der Waals surface area contributed by atoms with Gasteiger partial charge in [0.1, 0.15) is 12.1 Å². The average molecular weight is 406 g/mol. The van der Waals surface area contributed by atoms with Gasteiger partial charge in [-0.25, -0.2) is 4.79 Å². The first-order valence-electron chi connectivity index (χ1n) is 8.16. The Bertz CT molecular complexity index is 910. The molecule has 1 aliphatic rings. The Morgan fingerprint density at radius 3 is 2.30 bits per heavy atom. The minimum atomic E-state index is -1.22. The van der Waals surface area contributed by atoms with Gasteiger partial charge in [-0.05, 0) is 37.6 Å². The summed E-state index contributed by atoms with van der Waals surface area (Å²) in [6, 6.07) is 11.2. The fourth-order valence-corrected chi connectivity index (χ4v) is 3.42. The number of hydrogen-bond donors (Lipinski definition) is 2. The van der Waals surface area contributed by atoms with Gasteiger partial charge in [-0.2, -0.15) is 0 Å². The molecule has 0 bridgehead atoms. The number of benzene rings is 2. The van der Waals surface area contributed by atoms with E-state index in [4.69, 9.17) is 23.2 Å². The summed E-state index contributed by atoms with van der Waals surface area (Å²) in [4.78, 5) is 38.3. The first-order chi connectivity index (χ1) is 12.7. The van der Waals surface area contributed by atoms with Crippen LogP contribution in [0.2, 0.25) is 10.0 Å². The summed E-state index contributed by atoms with van der Waals surface area (Å²) in [7, 11) is 0. The summed E-state index contributed by atoms with van der Waals surface area (Å²) in [5.41, 5.74) is 0.849. The van der Waals surface area contributed by atoms with Crippen LogP contribution >= 0.6 is 23.2 Å². The topological polar surface area (TPSA) is 78.5 Å². The summed E-state index contributed by atoms with van der Waals surface area (Å²) in [6.45, 7) is 3.13. The van der Waals surface area contributed by atoms with Crippen LogP contribution in [0.3, 0.4) is 0 Å². The van der Waals surface area contributed by atoms with Gasteiger partial charge in [0.2, 0.25) is 5.91 Å². The van der Waals surface area contributed by atoms with E-state index in [1.165, 1.54) is 18.2 Å². The highest BCUT2D eigenvalue weighted by molar-refractivity contribution is 6.35. The predicted octanol–water partition coefficient (Wildman–Crippen LogP) is 3.71. The van der Waals surface area contributed by atoms with Gasteiger partial charge in [-0.3, -0.25) is 14.5 Å². The van der Waals surface area contributed by atoms with Gasteiger partial charge in [0.05, 0.1) is 0 Å². The Kier molecular flexibility index (Phi) is 5.13. The number of nitrogens with one attached hydrogen (secondary N) is 2. The molecule has 0 radical (unpaired) electrons. The Labute approximate surface area is 166 Å². The number of amides is 4. The van der Waals surface area contributed by atoms with E-state index in [1.807, 2.05) is 19.1 Å². The summed E-state index contributed by atoms with van der Waals surface area (Å²) >= 11 is 11.8. The largest absolute Gasteiger partial charge is 0.325 e. The van der Waals surface area contributed by atoms with Gasteiger partial charge in [0, 0.05) is 15.7 Å². The van der Waals surface area contributed by atoms with Crippen LogP contribution in [0.1, 0.15) is 18.1 Å². The van der Waals surface area contributed by atoms with Crippen molar-refractivity contribution < 1.29 is 14.4 Å². The molecule has 27 heavy (non-hydrogen) atoms. The molecule has 0 aromatic heterocycles. The van der Waals surface area contributed by atoms with Gasteiger partial charge in [0.15, 0.2) is 0 Å². The minimum Gasteiger partial charge on any atom is -0.324 e. The molecule has 0 spiro atoms. The van der Waals surface area contributed by atoms with Crippen LogP contribution in [-0.4, -0.2) is 29.3 Å². The standard InChI is InChI=1S/C19H17Cl2N3O3/c1-11-3-5-12(6-4-11)19(2)17(26)24(18(27)23-19)10-16(25)22-15-8-13(20)7-14(21)9-15/h3-9H,10H2,1-2H3,(H,22,25)(H,23,27)/t19-/m1/s1. The fourth-order valence-electron chi connectivity index (χ4n) is 2.89. The van der Waals surface area contributed by atoms with Crippen molar-refractivity contribution in [2.24, 2.45) is 0 Å². The normalized spacial score (nSPS) is 19.2. The number of anilines is 1. The molecular formula is C19H17Cl2N3O3. The Morgan fingerprint density at radius 2 is 1.70 bits per heavy atom. The lowest BCUT2D eigenvalue weighted by Crippen LogP contribution is -2.42. The Balaban J connectivity index is 1.75. The zero-order chi connectivity index (χ0) is 19.8. The molecule has 4 amide bonds. The monoisotopic (exact) mass is 405 g/mol. The van der Waals surface area contributed by atoms with Gasteiger partial charge < -0.3 is 10.6 Å². The predicted molar refractivity (Wildman–Crippen MR) is 104 cm³/mol. The summed E-state index contributed by atoms with van der Waals surface area (Å²) < 4.78 is 0. The summed E-state index contributed by atoms with van der Waals surface area (Å²) in [5, 5.41) is 5.97. The van der Waals surface area contributed by atoms with Crippen molar-refractivity contribution in [2.45, 2.75) is 19.4 Å². The molecule has 1 saturated heterocycles. The molecule has 2 aromatic carbocycles. The van der Waals surface area contributed by atoms with E-state index < -0.39 is 29.9 Å². The maximum Gasteiger partial charge on any atom is 0.325 e. The van der Waals surface area contributed by atoms with Crippen LogP contribution in [0, 0.1) is 6.92 Å². The zero-order valence-electron chi connectivity index (χ0n) is 14.7. The molecule has 1 atom stereocenters. The third-order valence-corrected chi connectivity index (χ3v) is 4.79. The van der Waals surface area contributed by atoms with Crippen molar-refractivity contribution in [1.82, 2.24) is 10.2 Å². The number of carbonyl (C=O) groups excluding carboxylic acids is 3. The van der Waals surface area contributed by atoms with Crippen LogP contribution < -0.4 is 10.6 Å². The van der Waals surface area contributed by atoms with Crippen LogP contribution in [0.15, 0.2) is 42.5 Å². The molecule has 0 saturated carbocycles. The van der Waals surface area contributed by atoms with Crippen molar-refractivity contribution in [3.05, 3.63) is 63.6 Å². The van der Waals surface area contributed by atoms with E-state index in [0.29, 0.717) is 21.3 Å². The zero-order valence-corrected chi connectivity index (χ0v) is 16.2. The number of imide groups is 1. The summed E-state index contributed by atoms with van der Waals surface area (Å²) in [6.07, 6.45) is 0. The Morgan fingerprint density at radius 1 is 1.11 bits per heavy atom. The molecule has 0 unspecified atom stereocenters. The second-order valence-corrected chi connectivity index (χ2v) is 7.39. The SMILES string of the molecule is Cc1ccc([C@@]2(C)NC(=O)N(CC(=O)Nc3cc(Cl)cc(Cl)c3)C2=O)cc1. The van der Waals surface area contributed by atoms with E-state index in [-0.39, 0.29) is 0 Å². The number of aryl methyl sites for hydroxylation is 1. The second kappa shape index (κ2) is 7.21. The molecule has 2 N–H and O–H groups in total. The smallest absolute Gasteiger partial charge is 0.324 e. The molecule has 1 aliphatic heterocycles. The number of urea groups is 1. The molecule has 0 aliphatic carbocycles. The minimum absolute atomic E-state index is 0.361. The highest BCUT2D eigenvalue weighted by Crippen LogP contribution is 2.29. The van der Waals surface area contributed by atoms with E-state index in [0.717, 1.165) is 10.5 Å². The van der Waals surface area contributed by atoms with Crippen LogP contribution in [0.5, 0.6) is 0 Å². The van der Waals surface area contributed by atoms with Gasteiger partial charge in [-0.15, -0.1) is 0 Å². The van der Waals surface area contributed by atoms with E-state index in [9.17, 15) is 14.4 Å². The molecule has 1 heterocycles. The van der Waals surface area contributed by atoms with Crippen LogP contribution in [0.4, 0.5) is 10.5 Å². The van der Waals surface area contributed by atoms with E-state index in [1.54, 1.807) is 19.1 Å². The molecular weight excluding hydrogens is 389 g/mol. The maximum absolute atomic E-state index is 12.8. The lowest BCUT2D eigenvalue weighted by molar-refractivity contribution is -0.133. The number of carbonyl (C=O) groups is 3. The van der Waals surface area contributed by atoms with Gasteiger partial charge in [-0.1, -0.05) is 53.0 Å². The number of halogens is 2. The maximum atomic E-state index is 12.8. The number of hydrogen-bond acceptors (Lipinski definition) is 3. The highest BCUT2D eigenvalue weighted by atomic mass is 35.5. The first-order valence-corrected chi connectivity index (χ1v) is 8.92. The van der Waals surface area contributed by atoms with E-state index >= 15 is 0 Å². The average Bonchev–Trinajstić information content (AvgIpc) is 2.78. The van der Waals surface area contributed by atoms with Crippen molar-refractivity contribution in [1.29, 1.82) is 0 Å². The molecule has 1 fully saturated rings. The molecule has 6 nitrogen and oxygen atoms in total. The third kappa shape index (κ3) is 3.91. The van der Waals surface area contributed by atoms with Gasteiger partial charge in [0.25, 0.3) is 5.91 Å². The van der Waals surface area contributed by atoms with Crippen molar-refractivity contribution in [3.63, 3.8) is 0 Å². The highest BCUT2D eigenvalue weighted by Gasteiger charge is 2.49. The van der Waals surface area contributed by atoms with E-state index in [2.05, 4.69) is 10.6 Å². The van der Waals surface area contributed by atoms with Crippen LogP contribution in [-0.2, 0) is 15.1 Å². The number of nitrogens with zero attached hydrogens (tertiary/aromatic N) is 1. The fraction of sp³-hybridized carbons (Fsp3) is 0.211. The van der Waals surface area contributed by atoms with Crippen LogP contribution in [0.25, 0.3) is 0 Å². The summed E-state index contributed by atoms with van der Waals surface area (Å²) in [5.74, 6) is -1.03.